The first-order valence-corrected chi connectivity index (χ1v) is 12.0. The molecule has 6 nitrogen and oxygen atoms in total. The lowest BCUT2D eigenvalue weighted by Gasteiger charge is -2.36. The highest BCUT2D eigenvalue weighted by Gasteiger charge is 2.48. The predicted molar refractivity (Wildman–Crippen MR) is 131 cm³/mol. The Labute approximate surface area is 202 Å². The van der Waals surface area contributed by atoms with Crippen LogP contribution in [0.5, 0.6) is 0 Å². The molecule has 1 saturated heterocycles. The zero-order valence-corrected chi connectivity index (χ0v) is 20.8. The summed E-state index contributed by atoms with van der Waals surface area (Å²) >= 11 is 0. The van der Waals surface area contributed by atoms with Crippen molar-refractivity contribution in [1.82, 2.24) is 4.90 Å². The van der Waals surface area contributed by atoms with Gasteiger partial charge in [-0.05, 0) is 58.6 Å². The van der Waals surface area contributed by atoms with Crippen LogP contribution >= 0.6 is 0 Å². The fourth-order valence-electron chi connectivity index (χ4n) is 4.59. The monoisotopic (exact) mass is 467 g/mol. The number of aliphatic hydroxyl groups excluding tert-OH is 1. The van der Waals surface area contributed by atoms with E-state index in [1.807, 2.05) is 100 Å². The fraction of sp³-hybridized carbons (Fsp3) is 0.500. The van der Waals surface area contributed by atoms with E-state index in [2.05, 4.69) is 0 Å². The molecular weight excluding hydrogens is 430 g/mol. The number of carbonyl (C=O) groups is 2. The molecule has 34 heavy (non-hydrogen) atoms. The Balaban J connectivity index is 1.99. The van der Waals surface area contributed by atoms with Gasteiger partial charge in [-0.25, -0.2) is 0 Å². The Morgan fingerprint density at radius 1 is 1.00 bits per heavy atom. The van der Waals surface area contributed by atoms with Gasteiger partial charge >= 0.3 is 11.9 Å². The number of hydrogen-bond donors (Lipinski definition) is 1. The summed E-state index contributed by atoms with van der Waals surface area (Å²) < 4.78 is 11.3. The molecule has 1 aliphatic rings. The SMILES string of the molecule is CC(C)OC(=O)[C@@H]1CC[C@H]([C@@H](C(=O)OC(C)(C)C)C(O)c2ccccc2)N1Cc1ccccc1. The molecule has 1 fully saturated rings. The van der Waals surface area contributed by atoms with Crippen molar-refractivity contribution in [2.45, 2.75) is 83.9 Å². The first-order valence-electron chi connectivity index (χ1n) is 12.0. The summed E-state index contributed by atoms with van der Waals surface area (Å²) in [6, 6.07) is 18.1. The van der Waals surface area contributed by atoms with E-state index in [1.165, 1.54) is 0 Å². The second-order valence-corrected chi connectivity index (χ2v) is 10.2. The molecule has 0 saturated carbocycles. The number of esters is 2. The number of hydrogen-bond acceptors (Lipinski definition) is 6. The molecule has 2 aromatic rings. The molecule has 0 bridgehead atoms. The highest BCUT2D eigenvalue weighted by Crippen LogP contribution is 2.38. The Kier molecular flexibility index (Phi) is 8.50. The molecule has 3 rings (SSSR count). The number of likely N-dealkylation sites (tertiary alicyclic amines) is 1. The van der Waals surface area contributed by atoms with Crippen molar-refractivity contribution < 1.29 is 24.2 Å². The molecule has 2 aromatic carbocycles. The smallest absolute Gasteiger partial charge is 0.323 e. The Morgan fingerprint density at radius 3 is 2.15 bits per heavy atom. The molecule has 0 aliphatic carbocycles. The minimum absolute atomic E-state index is 0.235. The molecule has 0 aromatic heterocycles. The average molecular weight is 468 g/mol. The molecular formula is C28H37NO5. The number of nitrogens with zero attached hydrogens (tertiary/aromatic N) is 1. The lowest BCUT2D eigenvalue weighted by atomic mass is 9.87. The normalized spacial score (nSPS) is 20.7. The van der Waals surface area contributed by atoms with Crippen molar-refractivity contribution in [1.29, 1.82) is 0 Å². The summed E-state index contributed by atoms with van der Waals surface area (Å²) in [5, 5.41) is 11.4. The summed E-state index contributed by atoms with van der Waals surface area (Å²) in [4.78, 5) is 28.5. The van der Waals surface area contributed by atoms with Crippen LogP contribution in [-0.2, 0) is 25.6 Å². The zero-order valence-electron chi connectivity index (χ0n) is 20.8. The third-order valence-electron chi connectivity index (χ3n) is 5.97. The largest absolute Gasteiger partial charge is 0.462 e. The Morgan fingerprint density at radius 2 is 1.59 bits per heavy atom. The van der Waals surface area contributed by atoms with Gasteiger partial charge in [0.2, 0.25) is 0 Å². The van der Waals surface area contributed by atoms with Crippen LogP contribution < -0.4 is 0 Å². The molecule has 6 heteroatoms. The van der Waals surface area contributed by atoms with Crippen LogP contribution in [0.3, 0.4) is 0 Å². The maximum atomic E-state index is 13.5. The van der Waals surface area contributed by atoms with Gasteiger partial charge in [-0.3, -0.25) is 14.5 Å². The number of benzene rings is 2. The lowest BCUT2D eigenvalue weighted by molar-refractivity contribution is -0.169. The molecule has 1 aliphatic heterocycles. The molecule has 0 amide bonds. The molecule has 184 valence electrons. The summed E-state index contributed by atoms with van der Waals surface area (Å²) in [6.07, 6.45) is -0.191. The van der Waals surface area contributed by atoms with Crippen LogP contribution in [0.1, 0.15) is 64.7 Å². The van der Waals surface area contributed by atoms with Crippen molar-refractivity contribution in [3.8, 4) is 0 Å². The van der Waals surface area contributed by atoms with Gasteiger partial charge in [-0.2, -0.15) is 0 Å². The van der Waals surface area contributed by atoms with E-state index in [1.54, 1.807) is 0 Å². The maximum Gasteiger partial charge on any atom is 0.323 e. The number of rotatable bonds is 8. The fourth-order valence-corrected chi connectivity index (χ4v) is 4.59. The molecule has 0 radical (unpaired) electrons. The van der Waals surface area contributed by atoms with Crippen molar-refractivity contribution in [3.63, 3.8) is 0 Å². The molecule has 1 unspecified atom stereocenters. The summed E-state index contributed by atoms with van der Waals surface area (Å²) in [6.45, 7) is 9.56. The second kappa shape index (κ2) is 11.2. The minimum Gasteiger partial charge on any atom is -0.462 e. The first kappa shape index (κ1) is 25.9. The highest BCUT2D eigenvalue weighted by molar-refractivity contribution is 5.78. The van der Waals surface area contributed by atoms with Crippen LogP contribution in [-0.4, -0.2) is 45.7 Å². The lowest BCUT2D eigenvalue weighted by Crippen LogP contribution is -2.49. The van der Waals surface area contributed by atoms with Crippen molar-refractivity contribution in [3.05, 3.63) is 71.8 Å². The van der Waals surface area contributed by atoms with Gasteiger partial charge in [0.25, 0.3) is 0 Å². The number of carbonyl (C=O) groups excluding carboxylic acids is 2. The molecule has 4 atom stereocenters. The third kappa shape index (κ3) is 6.67. The van der Waals surface area contributed by atoms with Gasteiger partial charge < -0.3 is 14.6 Å². The van der Waals surface area contributed by atoms with Crippen LogP contribution in [0, 0.1) is 5.92 Å². The van der Waals surface area contributed by atoms with Gasteiger partial charge in [0.1, 0.15) is 17.6 Å². The number of aliphatic hydroxyl groups is 1. The summed E-state index contributed by atoms with van der Waals surface area (Å²) in [5.41, 5.74) is 0.963. The standard InChI is InChI=1S/C28H37NO5/c1-19(2)33-26(31)23-17-16-22(29(23)18-20-12-8-6-9-13-20)24(27(32)34-28(3,4)5)25(30)21-14-10-7-11-15-21/h6-15,19,22-25,30H,16-18H2,1-5H3/t22-,23+,24-,25?/m1/s1. The zero-order chi connectivity index (χ0) is 24.9. The van der Waals surface area contributed by atoms with Gasteiger partial charge in [0.05, 0.1) is 12.2 Å². The van der Waals surface area contributed by atoms with Crippen molar-refractivity contribution in [2.75, 3.05) is 0 Å². The Hall–Kier alpha value is -2.70. The van der Waals surface area contributed by atoms with Crippen LogP contribution in [0.25, 0.3) is 0 Å². The first-order chi connectivity index (χ1) is 16.1. The Bertz CT molecular complexity index is 938. The van der Waals surface area contributed by atoms with E-state index in [4.69, 9.17) is 9.47 Å². The summed E-state index contributed by atoms with van der Waals surface area (Å²) in [7, 11) is 0. The summed E-state index contributed by atoms with van der Waals surface area (Å²) in [5.74, 6) is -1.63. The van der Waals surface area contributed by atoms with Crippen molar-refractivity contribution >= 4 is 11.9 Å². The predicted octanol–water partition coefficient (Wildman–Crippen LogP) is 4.66. The van der Waals surface area contributed by atoms with Gasteiger partial charge in [-0.15, -0.1) is 0 Å². The van der Waals surface area contributed by atoms with Crippen LogP contribution in [0.15, 0.2) is 60.7 Å². The van der Waals surface area contributed by atoms with E-state index in [-0.39, 0.29) is 12.1 Å². The van der Waals surface area contributed by atoms with Gasteiger partial charge in [0, 0.05) is 12.6 Å². The second-order valence-electron chi connectivity index (χ2n) is 10.2. The minimum atomic E-state index is -1.07. The van der Waals surface area contributed by atoms with E-state index >= 15 is 0 Å². The molecule has 0 spiro atoms. The van der Waals surface area contributed by atoms with Crippen LogP contribution in [0.2, 0.25) is 0 Å². The van der Waals surface area contributed by atoms with E-state index in [9.17, 15) is 14.7 Å². The van der Waals surface area contributed by atoms with E-state index < -0.39 is 35.7 Å². The molecule has 1 N–H and O–H groups in total. The van der Waals surface area contributed by atoms with Gasteiger partial charge in [0.15, 0.2) is 0 Å². The van der Waals surface area contributed by atoms with E-state index in [0.717, 1.165) is 5.56 Å². The quantitative estimate of drug-likeness (QED) is 0.569. The topological polar surface area (TPSA) is 76.1 Å². The number of ether oxygens (including phenoxy) is 2. The van der Waals surface area contributed by atoms with E-state index in [0.29, 0.717) is 24.9 Å². The van der Waals surface area contributed by atoms with Gasteiger partial charge in [-0.1, -0.05) is 60.7 Å². The molecule has 1 heterocycles. The maximum absolute atomic E-state index is 13.5. The van der Waals surface area contributed by atoms with Crippen molar-refractivity contribution in [2.24, 2.45) is 5.92 Å². The average Bonchev–Trinajstić information content (AvgIpc) is 3.16. The highest BCUT2D eigenvalue weighted by atomic mass is 16.6. The third-order valence-corrected chi connectivity index (χ3v) is 5.97. The van der Waals surface area contributed by atoms with Crippen LogP contribution in [0.4, 0.5) is 0 Å².